The Morgan fingerprint density at radius 3 is 2.52 bits per heavy atom. The Morgan fingerprint density at radius 1 is 1.24 bits per heavy atom. The van der Waals surface area contributed by atoms with Crippen LogP contribution < -0.4 is 0 Å². The number of hydrogen-bond donors (Lipinski definition) is 0. The van der Waals surface area contributed by atoms with Crippen LogP contribution in [0.2, 0.25) is 0 Å². The molecule has 1 fully saturated rings. The number of piperidine rings is 1. The van der Waals surface area contributed by atoms with E-state index in [1.807, 2.05) is 33.0 Å². The maximum Gasteiger partial charge on any atom is 0.410 e. The summed E-state index contributed by atoms with van der Waals surface area (Å²) in [7, 11) is 0. The van der Waals surface area contributed by atoms with Gasteiger partial charge in [-0.15, -0.1) is 0 Å². The van der Waals surface area contributed by atoms with Gasteiger partial charge >= 0.3 is 6.09 Å². The molecule has 25 heavy (non-hydrogen) atoms. The lowest BCUT2D eigenvalue weighted by molar-refractivity contribution is -0.383. The van der Waals surface area contributed by atoms with Crippen LogP contribution in [0.25, 0.3) is 10.9 Å². The number of aromatic nitrogens is 1. The van der Waals surface area contributed by atoms with E-state index in [1.54, 1.807) is 17.0 Å². The van der Waals surface area contributed by atoms with Crippen molar-refractivity contribution < 1.29 is 14.5 Å². The second-order valence-corrected chi connectivity index (χ2v) is 7.39. The normalized spacial score (nSPS) is 16.2. The van der Waals surface area contributed by atoms with Gasteiger partial charge in [-0.2, -0.15) is 0 Å². The van der Waals surface area contributed by atoms with E-state index in [0.717, 1.165) is 18.4 Å². The molecule has 0 bridgehead atoms. The van der Waals surface area contributed by atoms with Gasteiger partial charge < -0.3 is 14.2 Å². The van der Waals surface area contributed by atoms with Crippen molar-refractivity contribution in [1.82, 2.24) is 9.47 Å². The van der Waals surface area contributed by atoms with Crippen LogP contribution in [0, 0.1) is 10.1 Å². The molecule has 0 N–H and O–H groups in total. The number of carbonyl (C=O) groups excluding carboxylic acids is 1. The summed E-state index contributed by atoms with van der Waals surface area (Å²) in [5.74, 6) is 0. The minimum absolute atomic E-state index is 0.127. The van der Waals surface area contributed by atoms with E-state index in [1.165, 1.54) is 6.07 Å². The van der Waals surface area contributed by atoms with Gasteiger partial charge in [0.15, 0.2) is 0 Å². The standard InChI is InChI=1S/C18H23N3O4/c1-18(2,3)25-17(22)19-10-7-13(8-11-19)20-12-9-14-15(20)5-4-6-16(14)21(23)24/h4-6,9,12-13H,7-8,10-11H2,1-3H3. The number of hydrogen-bond acceptors (Lipinski definition) is 4. The third kappa shape index (κ3) is 3.60. The van der Waals surface area contributed by atoms with Crippen LogP contribution in [0.1, 0.15) is 39.7 Å². The summed E-state index contributed by atoms with van der Waals surface area (Å²) < 4.78 is 7.51. The number of non-ortho nitro benzene ring substituents is 1. The highest BCUT2D eigenvalue weighted by atomic mass is 16.6. The van der Waals surface area contributed by atoms with Crippen LogP contribution in [0.4, 0.5) is 10.5 Å². The van der Waals surface area contributed by atoms with Gasteiger partial charge in [0.1, 0.15) is 5.60 Å². The Bertz CT molecular complexity index is 798. The molecule has 0 aliphatic carbocycles. The molecule has 0 spiro atoms. The number of rotatable bonds is 2. The summed E-state index contributed by atoms with van der Waals surface area (Å²) in [6, 6.07) is 7.17. The van der Waals surface area contributed by atoms with Crippen molar-refractivity contribution in [2.75, 3.05) is 13.1 Å². The minimum Gasteiger partial charge on any atom is -0.444 e. The third-order valence-electron chi connectivity index (χ3n) is 4.45. The highest BCUT2D eigenvalue weighted by Crippen LogP contribution is 2.32. The van der Waals surface area contributed by atoms with Crippen molar-refractivity contribution in [3.05, 3.63) is 40.6 Å². The van der Waals surface area contributed by atoms with Gasteiger partial charge in [0, 0.05) is 31.4 Å². The zero-order chi connectivity index (χ0) is 18.2. The Balaban J connectivity index is 1.74. The number of amides is 1. The third-order valence-corrected chi connectivity index (χ3v) is 4.45. The van der Waals surface area contributed by atoms with Gasteiger partial charge in [0.25, 0.3) is 5.69 Å². The highest BCUT2D eigenvalue weighted by molar-refractivity contribution is 5.89. The zero-order valence-electron chi connectivity index (χ0n) is 14.8. The first-order chi connectivity index (χ1) is 11.8. The quantitative estimate of drug-likeness (QED) is 0.606. The molecule has 0 saturated carbocycles. The molecule has 1 aromatic carbocycles. The first-order valence-electron chi connectivity index (χ1n) is 8.48. The fourth-order valence-electron chi connectivity index (χ4n) is 3.30. The molecule has 1 saturated heterocycles. The summed E-state index contributed by atoms with van der Waals surface area (Å²) >= 11 is 0. The fraction of sp³-hybridized carbons (Fsp3) is 0.500. The van der Waals surface area contributed by atoms with E-state index < -0.39 is 5.60 Å². The number of nitro groups is 1. The average Bonchev–Trinajstić information content (AvgIpc) is 2.97. The van der Waals surface area contributed by atoms with Gasteiger partial charge in [0.05, 0.1) is 15.8 Å². The molecule has 1 aliphatic rings. The van der Waals surface area contributed by atoms with Crippen molar-refractivity contribution in [3.8, 4) is 0 Å². The summed E-state index contributed by atoms with van der Waals surface area (Å²) in [6.07, 6.45) is 3.22. The second-order valence-electron chi connectivity index (χ2n) is 7.39. The van der Waals surface area contributed by atoms with Crippen LogP contribution in [-0.2, 0) is 4.74 Å². The highest BCUT2D eigenvalue weighted by Gasteiger charge is 2.28. The number of carbonyl (C=O) groups is 1. The van der Waals surface area contributed by atoms with Crippen molar-refractivity contribution in [2.45, 2.75) is 45.3 Å². The smallest absolute Gasteiger partial charge is 0.410 e. The molecule has 3 rings (SSSR count). The SMILES string of the molecule is CC(C)(C)OC(=O)N1CCC(n2ccc3c([N+](=O)[O-])cccc32)CC1. The Kier molecular flexibility index (Phi) is 4.41. The minimum atomic E-state index is -0.497. The first kappa shape index (κ1) is 17.3. The van der Waals surface area contributed by atoms with E-state index in [-0.39, 0.29) is 22.7 Å². The maximum absolute atomic E-state index is 12.2. The van der Waals surface area contributed by atoms with Gasteiger partial charge in [-0.1, -0.05) is 6.07 Å². The monoisotopic (exact) mass is 345 g/mol. The van der Waals surface area contributed by atoms with E-state index in [2.05, 4.69) is 4.57 Å². The summed E-state index contributed by atoms with van der Waals surface area (Å²) in [5, 5.41) is 11.8. The molecule has 0 radical (unpaired) electrons. The van der Waals surface area contributed by atoms with Gasteiger partial charge in [0.2, 0.25) is 0 Å². The van der Waals surface area contributed by atoms with Crippen molar-refractivity contribution in [3.63, 3.8) is 0 Å². The first-order valence-corrected chi connectivity index (χ1v) is 8.48. The van der Waals surface area contributed by atoms with Crippen LogP contribution in [0.3, 0.4) is 0 Å². The molecular weight excluding hydrogens is 322 g/mol. The maximum atomic E-state index is 12.2. The van der Waals surface area contributed by atoms with Crippen LogP contribution in [0.5, 0.6) is 0 Å². The number of benzene rings is 1. The summed E-state index contributed by atoms with van der Waals surface area (Å²) in [4.78, 5) is 24.7. The molecule has 2 heterocycles. The predicted octanol–water partition coefficient (Wildman–Crippen LogP) is 4.12. The molecule has 7 nitrogen and oxygen atoms in total. The number of likely N-dealkylation sites (tertiary alicyclic amines) is 1. The molecule has 2 aromatic rings. The largest absolute Gasteiger partial charge is 0.444 e. The molecule has 0 atom stereocenters. The number of fused-ring (bicyclic) bond motifs is 1. The van der Waals surface area contributed by atoms with Crippen LogP contribution in [0.15, 0.2) is 30.5 Å². The topological polar surface area (TPSA) is 77.6 Å². The molecule has 0 unspecified atom stereocenters. The lowest BCUT2D eigenvalue weighted by Gasteiger charge is -2.34. The van der Waals surface area contributed by atoms with Crippen LogP contribution >= 0.6 is 0 Å². The number of ether oxygens (including phenoxy) is 1. The molecule has 7 heteroatoms. The Hall–Kier alpha value is -2.57. The summed E-state index contributed by atoms with van der Waals surface area (Å²) in [6.45, 7) is 6.81. The van der Waals surface area contributed by atoms with Gasteiger partial charge in [-0.05, 0) is 45.7 Å². The average molecular weight is 345 g/mol. The van der Waals surface area contributed by atoms with E-state index >= 15 is 0 Å². The van der Waals surface area contributed by atoms with E-state index in [0.29, 0.717) is 18.5 Å². The molecular formula is C18H23N3O4. The van der Waals surface area contributed by atoms with Crippen molar-refractivity contribution >= 4 is 22.7 Å². The van der Waals surface area contributed by atoms with Crippen molar-refractivity contribution in [2.24, 2.45) is 0 Å². The lowest BCUT2D eigenvalue weighted by atomic mass is 10.0. The van der Waals surface area contributed by atoms with Gasteiger partial charge in [-0.25, -0.2) is 4.79 Å². The fourth-order valence-corrected chi connectivity index (χ4v) is 3.30. The molecule has 1 amide bonds. The molecule has 134 valence electrons. The molecule has 1 aliphatic heterocycles. The number of nitro benzene ring substituents is 1. The van der Waals surface area contributed by atoms with E-state index in [4.69, 9.17) is 4.74 Å². The van der Waals surface area contributed by atoms with Gasteiger partial charge in [-0.3, -0.25) is 10.1 Å². The van der Waals surface area contributed by atoms with Crippen LogP contribution in [-0.4, -0.2) is 39.2 Å². The lowest BCUT2D eigenvalue weighted by Crippen LogP contribution is -2.42. The predicted molar refractivity (Wildman–Crippen MR) is 94.7 cm³/mol. The number of nitrogens with zero attached hydrogens (tertiary/aromatic N) is 3. The van der Waals surface area contributed by atoms with E-state index in [9.17, 15) is 14.9 Å². The van der Waals surface area contributed by atoms with Crippen molar-refractivity contribution in [1.29, 1.82) is 0 Å². The second kappa shape index (κ2) is 6.38. The summed E-state index contributed by atoms with van der Waals surface area (Å²) in [5.41, 5.74) is 0.496. The zero-order valence-corrected chi connectivity index (χ0v) is 14.8. The molecule has 1 aromatic heterocycles. The Morgan fingerprint density at radius 2 is 1.92 bits per heavy atom. The Labute approximate surface area is 146 Å².